The maximum atomic E-state index is 12.8. The third-order valence-electron chi connectivity index (χ3n) is 8.24. The van der Waals surface area contributed by atoms with Gasteiger partial charge in [0.25, 0.3) is 0 Å². The quantitative estimate of drug-likeness (QED) is 0.323. The molecule has 0 unspecified atom stereocenters. The van der Waals surface area contributed by atoms with Gasteiger partial charge < -0.3 is 19.5 Å². The normalized spacial score (nSPS) is 21.0. The van der Waals surface area contributed by atoms with Gasteiger partial charge in [-0.25, -0.2) is 9.97 Å². The van der Waals surface area contributed by atoms with Crippen LogP contribution in [0.4, 0.5) is 17.5 Å². The number of anilines is 3. The summed E-state index contributed by atoms with van der Waals surface area (Å²) in [5, 5.41) is 6.94. The Morgan fingerprint density at radius 2 is 1.90 bits per heavy atom. The molecule has 1 amide bonds. The van der Waals surface area contributed by atoms with E-state index in [1.165, 1.54) is 24.1 Å². The lowest BCUT2D eigenvalue weighted by Gasteiger charge is -2.34. The summed E-state index contributed by atoms with van der Waals surface area (Å²) in [5.74, 6) is 1.64. The molecule has 9 nitrogen and oxygen atoms in total. The maximum Gasteiger partial charge on any atom is 0.231 e. The Bertz CT molecular complexity index is 1560. The number of hydrogen-bond acceptors (Lipinski definition) is 7. The van der Waals surface area contributed by atoms with Crippen LogP contribution in [0.5, 0.6) is 0 Å². The number of nitrogens with one attached hydrogen (secondary N) is 2. The molecule has 3 aliphatic rings. The predicted octanol–water partition coefficient (Wildman–Crippen LogP) is 4.76. The topological polar surface area (TPSA) is 90.7 Å². The predicted molar refractivity (Wildman–Crippen MR) is 157 cm³/mol. The van der Waals surface area contributed by atoms with Crippen LogP contribution in [0.2, 0.25) is 5.02 Å². The molecule has 3 fully saturated rings. The van der Waals surface area contributed by atoms with E-state index in [9.17, 15) is 4.79 Å². The number of pyridine rings is 1. The Morgan fingerprint density at radius 3 is 2.70 bits per heavy atom. The van der Waals surface area contributed by atoms with Gasteiger partial charge in [0.2, 0.25) is 11.9 Å². The van der Waals surface area contributed by atoms with Crippen molar-refractivity contribution in [2.45, 2.75) is 37.6 Å². The zero-order valence-corrected chi connectivity index (χ0v) is 23.3. The fraction of sp³-hybridized carbons (Fsp3) is 0.400. The van der Waals surface area contributed by atoms with Gasteiger partial charge in [-0.2, -0.15) is 4.98 Å². The number of carbonyl (C=O) groups is 1. The minimum absolute atomic E-state index is 0.0645. The summed E-state index contributed by atoms with van der Waals surface area (Å²) in [6.45, 7) is 4.66. The van der Waals surface area contributed by atoms with Gasteiger partial charge in [0.1, 0.15) is 5.82 Å². The van der Waals surface area contributed by atoms with Gasteiger partial charge in [0.15, 0.2) is 5.65 Å². The molecule has 2 atom stereocenters. The van der Waals surface area contributed by atoms with E-state index >= 15 is 0 Å². The highest BCUT2D eigenvalue weighted by Gasteiger charge is 2.44. The molecule has 10 heteroatoms. The second kappa shape index (κ2) is 10.4. The van der Waals surface area contributed by atoms with E-state index in [0.29, 0.717) is 29.3 Å². The van der Waals surface area contributed by atoms with Crippen LogP contribution >= 0.6 is 11.6 Å². The fourth-order valence-electron chi connectivity index (χ4n) is 5.65. The Morgan fingerprint density at radius 1 is 1.05 bits per heavy atom. The lowest BCUT2D eigenvalue weighted by molar-refractivity contribution is -0.117. The molecule has 4 aromatic rings. The third-order valence-corrected chi connectivity index (χ3v) is 8.48. The van der Waals surface area contributed by atoms with Crippen LogP contribution < -0.4 is 15.5 Å². The molecular weight excluding hydrogens is 524 g/mol. The van der Waals surface area contributed by atoms with Crippen molar-refractivity contribution in [3.63, 3.8) is 0 Å². The summed E-state index contributed by atoms with van der Waals surface area (Å²) in [4.78, 5) is 31.5. The zero-order valence-electron chi connectivity index (χ0n) is 22.6. The molecule has 206 valence electrons. The fourth-order valence-corrected chi connectivity index (χ4v) is 5.85. The number of carbonyl (C=O) groups excluding carboxylic acids is 1. The second-order valence-corrected chi connectivity index (χ2v) is 11.7. The number of fused-ring (bicyclic) bond motifs is 1. The Balaban J connectivity index is 1.03. The van der Waals surface area contributed by atoms with Crippen LogP contribution in [0, 0.1) is 5.92 Å². The van der Waals surface area contributed by atoms with Gasteiger partial charge in [-0.3, -0.25) is 10.1 Å². The Hall–Kier alpha value is -3.69. The van der Waals surface area contributed by atoms with Crippen LogP contribution in [-0.4, -0.2) is 63.4 Å². The summed E-state index contributed by atoms with van der Waals surface area (Å²) < 4.78 is 2.19. The van der Waals surface area contributed by atoms with E-state index in [1.54, 1.807) is 12.3 Å². The molecule has 0 spiro atoms. The summed E-state index contributed by atoms with van der Waals surface area (Å²) in [7, 11) is 2.18. The van der Waals surface area contributed by atoms with Crippen LogP contribution in [0.1, 0.15) is 47.9 Å². The zero-order chi connectivity index (χ0) is 27.2. The summed E-state index contributed by atoms with van der Waals surface area (Å²) in [6, 6.07) is 11.9. The van der Waals surface area contributed by atoms with Crippen molar-refractivity contribution in [1.29, 1.82) is 0 Å². The third kappa shape index (κ3) is 5.36. The van der Waals surface area contributed by atoms with Crippen LogP contribution in [0.25, 0.3) is 5.65 Å². The Kier molecular flexibility index (Phi) is 6.56. The molecule has 4 heterocycles. The molecule has 3 aromatic heterocycles. The van der Waals surface area contributed by atoms with Gasteiger partial charge in [-0.05, 0) is 73.5 Å². The van der Waals surface area contributed by atoms with Gasteiger partial charge >= 0.3 is 0 Å². The van der Waals surface area contributed by atoms with Crippen molar-refractivity contribution in [2.24, 2.45) is 5.92 Å². The number of halogens is 1. The summed E-state index contributed by atoms with van der Waals surface area (Å²) in [5.41, 5.74) is 5.67. The number of imidazole rings is 1. The number of likely N-dealkylation sites (N-methyl/N-ethyl adjacent to an activating group) is 1. The SMILES string of the molecule is CN1CCN(c2cc(C3CC3)cn3cc(CNc4ccnc(NC(=O)[C@H]5C[C@@H]5c5cccc(Cl)c5)n4)nc23)CC1. The highest BCUT2D eigenvalue weighted by Crippen LogP contribution is 2.48. The van der Waals surface area contributed by atoms with Crippen LogP contribution in [0.15, 0.2) is 55.0 Å². The highest BCUT2D eigenvalue weighted by atomic mass is 35.5. The molecule has 2 aliphatic carbocycles. The highest BCUT2D eigenvalue weighted by molar-refractivity contribution is 6.30. The molecule has 40 heavy (non-hydrogen) atoms. The number of rotatable bonds is 8. The lowest BCUT2D eigenvalue weighted by atomic mass is 10.1. The van der Waals surface area contributed by atoms with E-state index in [4.69, 9.17) is 16.6 Å². The molecule has 1 aromatic carbocycles. The van der Waals surface area contributed by atoms with Crippen molar-refractivity contribution >= 4 is 40.6 Å². The lowest BCUT2D eigenvalue weighted by Crippen LogP contribution is -2.44. The first-order valence-corrected chi connectivity index (χ1v) is 14.5. The van der Waals surface area contributed by atoms with Gasteiger partial charge in [-0.15, -0.1) is 0 Å². The number of benzene rings is 1. The minimum Gasteiger partial charge on any atom is -0.366 e. The molecule has 1 aliphatic heterocycles. The van der Waals surface area contributed by atoms with Gasteiger partial charge in [-0.1, -0.05) is 23.7 Å². The largest absolute Gasteiger partial charge is 0.366 e. The van der Waals surface area contributed by atoms with E-state index in [1.807, 2.05) is 24.3 Å². The average Bonchev–Trinajstić information content (AvgIpc) is 3.88. The maximum absolute atomic E-state index is 12.8. The van der Waals surface area contributed by atoms with Crippen molar-refractivity contribution in [2.75, 3.05) is 48.8 Å². The van der Waals surface area contributed by atoms with Crippen LogP contribution in [0.3, 0.4) is 0 Å². The van der Waals surface area contributed by atoms with E-state index in [2.05, 4.69) is 60.3 Å². The van der Waals surface area contributed by atoms with Gasteiger partial charge in [0, 0.05) is 55.7 Å². The number of amides is 1. The minimum atomic E-state index is -0.0910. The first-order valence-electron chi connectivity index (χ1n) is 14.1. The van der Waals surface area contributed by atoms with Crippen LogP contribution in [-0.2, 0) is 11.3 Å². The average molecular weight is 557 g/mol. The number of piperazine rings is 1. The standard InChI is InChI=1S/C30H33ClN8O/c1-37-9-11-38(12-10-37)26-14-21(19-5-6-19)17-39-18-23(34-28(26)39)16-33-27-7-8-32-30(35-27)36-29(40)25-15-24(25)20-3-2-4-22(31)13-20/h2-4,7-8,13-14,17-19,24-25H,5-6,9-12,15-16H2,1H3,(H2,32,33,35,36,40)/t24-,25+/m1/s1. The van der Waals surface area contributed by atoms with Crippen molar-refractivity contribution in [3.05, 3.63) is 76.8 Å². The van der Waals surface area contributed by atoms with Crippen molar-refractivity contribution in [3.8, 4) is 0 Å². The molecule has 7 rings (SSSR count). The van der Waals surface area contributed by atoms with E-state index < -0.39 is 0 Å². The van der Waals surface area contributed by atoms with E-state index in [0.717, 1.165) is 49.5 Å². The molecule has 0 bridgehead atoms. The second-order valence-electron chi connectivity index (χ2n) is 11.3. The molecule has 1 saturated heterocycles. The first kappa shape index (κ1) is 25.3. The van der Waals surface area contributed by atoms with Crippen molar-refractivity contribution < 1.29 is 4.79 Å². The number of aromatic nitrogens is 4. The van der Waals surface area contributed by atoms with E-state index in [-0.39, 0.29) is 17.7 Å². The molecule has 0 radical (unpaired) electrons. The molecule has 2 N–H and O–H groups in total. The number of hydrogen-bond donors (Lipinski definition) is 2. The molecule has 2 saturated carbocycles. The Labute approximate surface area is 238 Å². The summed E-state index contributed by atoms with van der Waals surface area (Å²) in [6.07, 6.45) is 9.35. The number of nitrogens with zero attached hydrogens (tertiary/aromatic N) is 6. The smallest absolute Gasteiger partial charge is 0.231 e. The van der Waals surface area contributed by atoms with Gasteiger partial charge in [0.05, 0.1) is 17.9 Å². The van der Waals surface area contributed by atoms with Crippen molar-refractivity contribution in [1.82, 2.24) is 24.3 Å². The molecular formula is C30H33ClN8O. The first-order chi connectivity index (χ1) is 19.5. The summed E-state index contributed by atoms with van der Waals surface area (Å²) >= 11 is 6.12. The monoisotopic (exact) mass is 556 g/mol.